The zero-order chi connectivity index (χ0) is 17.5. The van der Waals surface area contributed by atoms with Crippen molar-refractivity contribution in [1.29, 1.82) is 5.26 Å². The van der Waals surface area contributed by atoms with E-state index in [2.05, 4.69) is 6.07 Å². The van der Waals surface area contributed by atoms with E-state index < -0.39 is 5.54 Å². The summed E-state index contributed by atoms with van der Waals surface area (Å²) in [6, 6.07) is 21.8. The van der Waals surface area contributed by atoms with Crippen LogP contribution in [-0.4, -0.2) is 48.0 Å². The van der Waals surface area contributed by atoms with Crippen LogP contribution in [0.25, 0.3) is 0 Å². The second kappa shape index (κ2) is 8.13. The summed E-state index contributed by atoms with van der Waals surface area (Å²) < 4.78 is 11.6. The number of para-hydroxylation sites is 1. The maximum atomic E-state index is 9.81. The normalized spacial score (nSPS) is 23.8. The second-order valence-electron chi connectivity index (χ2n) is 6.22. The predicted octanol–water partition coefficient (Wildman–Crippen LogP) is 2.22. The van der Waals surface area contributed by atoms with Gasteiger partial charge in [0, 0.05) is 13.1 Å². The van der Waals surface area contributed by atoms with Gasteiger partial charge in [0.1, 0.15) is 18.5 Å². The van der Waals surface area contributed by atoms with Crippen molar-refractivity contribution in [2.45, 2.75) is 18.2 Å². The maximum absolute atomic E-state index is 9.81. The van der Waals surface area contributed by atoms with Gasteiger partial charge in [-0.2, -0.15) is 5.26 Å². The van der Waals surface area contributed by atoms with E-state index in [1.165, 1.54) is 0 Å². The predicted molar refractivity (Wildman–Crippen MR) is 94.0 cm³/mol. The Morgan fingerprint density at radius 1 is 1.16 bits per heavy atom. The number of nitrogens with zero attached hydrogens (tertiary/aromatic N) is 2. The highest BCUT2D eigenvalue weighted by molar-refractivity contribution is 5.21. The van der Waals surface area contributed by atoms with E-state index >= 15 is 0 Å². The molecule has 5 heteroatoms. The van der Waals surface area contributed by atoms with Crippen molar-refractivity contribution in [1.82, 2.24) is 4.90 Å². The van der Waals surface area contributed by atoms with E-state index in [1.54, 1.807) is 0 Å². The summed E-state index contributed by atoms with van der Waals surface area (Å²) in [7, 11) is 0. The van der Waals surface area contributed by atoms with Gasteiger partial charge < -0.3 is 14.6 Å². The Morgan fingerprint density at radius 3 is 2.48 bits per heavy atom. The zero-order valence-corrected chi connectivity index (χ0v) is 14.0. The molecule has 1 N–H and O–H groups in total. The molecule has 2 aromatic carbocycles. The quantitative estimate of drug-likeness (QED) is 0.875. The maximum Gasteiger partial charge on any atom is 0.156 e. The lowest BCUT2D eigenvalue weighted by atomic mass is 9.97. The lowest BCUT2D eigenvalue weighted by Gasteiger charge is -2.44. The third-order valence-corrected chi connectivity index (χ3v) is 4.45. The van der Waals surface area contributed by atoms with Crippen LogP contribution in [-0.2, 0) is 11.3 Å². The van der Waals surface area contributed by atoms with Crippen LogP contribution >= 0.6 is 0 Å². The fraction of sp³-hybridized carbons (Fsp3) is 0.350. The lowest BCUT2D eigenvalue weighted by Crippen LogP contribution is -2.61. The molecular weight excluding hydrogens is 316 g/mol. The second-order valence-corrected chi connectivity index (χ2v) is 6.22. The van der Waals surface area contributed by atoms with Gasteiger partial charge in [-0.25, -0.2) is 0 Å². The highest BCUT2D eigenvalue weighted by Gasteiger charge is 2.42. The molecule has 130 valence electrons. The van der Waals surface area contributed by atoms with Gasteiger partial charge in [0.15, 0.2) is 5.54 Å². The number of ether oxygens (including phenoxy) is 2. The Balaban J connectivity index is 1.68. The third-order valence-electron chi connectivity index (χ3n) is 4.45. The summed E-state index contributed by atoms with van der Waals surface area (Å²) in [6.45, 7) is 1.41. The monoisotopic (exact) mass is 338 g/mol. The lowest BCUT2D eigenvalue weighted by molar-refractivity contribution is -0.119. The van der Waals surface area contributed by atoms with Gasteiger partial charge in [-0.3, -0.25) is 4.90 Å². The van der Waals surface area contributed by atoms with E-state index in [-0.39, 0.29) is 19.3 Å². The first kappa shape index (κ1) is 17.4. The van der Waals surface area contributed by atoms with Crippen LogP contribution in [0, 0.1) is 11.3 Å². The van der Waals surface area contributed by atoms with Crippen molar-refractivity contribution in [2.24, 2.45) is 0 Å². The molecule has 2 atom stereocenters. The first-order valence-electron chi connectivity index (χ1n) is 8.36. The fourth-order valence-corrected chi connectivity index (χ4v) is 2.93. The highest BCUT2D eigenvalue weighted by atomic mass is 16.5. The molecule has 0 bridgehead atoms. The molecule has 0 aliphatic carbocycles. The minimum absolute atomic E-state index is 0.156. The number of aliphatic hydroxyl groups excluding tert-OH is 1. The van der Waals surface area contributed by atoms with Crippen molar-refractivity contribution in [3.8, 4) is 11.8 Å². The molecule has 0 saturated carbocycles. The molecule has 1 aliphatic heterocycles. The summed E-state index contributed by atoms with van der Waals surface area (Å²) in [5.74, 6) is 0.792. The molecule has 1 heterocycles. The van der Waals surface area contributed by atoms with Gasteiger partial charge in [-0.15, -0.1) is 0 Å². The minimum Gasteiger partial charge on any atom is -0.491 e. The number of hydrogen-bond acceptors (Lipinski definition) is 5. The standard InChI is InChI=1S/C20H22N2O3/c21-14-20(15-23)16-25-19(13-24-18-9-5-2-6-10-18)12-22(20)11-17-7-3-1-4-8-17/h1-10,19,23H,11-13,15-16H2/t19-,20-/m0/s1. The average molecular weight is 338 g/mol. The van der Waals surface area contributed by atoms with E-state index in [1.807, 2.05) is 65.6 Å². The highest BCUT2D eigenvalue weighted by Crippen LogP contribution is 2.25. The molecule has 0 unspecified atom stereocenters. The largest absolute Gasteiger partial charge is 0.491 e. The number of rotatable bonds is 6. The Hall–Kier alpha value is -2.39. The molecule has 0 radical (unpaired) electrons. The Bertz CT molecular complexity index is 702. The molecule has 2 aromatic rings. The summed E-state index contributed by atoms with van der Waals surface area (Å²) >= 11 is 0. The van der Waals surface area contributed by atoms with Crippen molar-refractivity contribution < 1.29 is 14.6 Å². The van der Waals surface area contributed by atoms with Crippen molar-refractivity contribution in [3.63, 3.8) is 0 Å². The van der Waals surface area contributed by atoms with Gasteiger partial charge in [-0.1, -0.05) is 48.5 Å². The van der Waals surface area contributed by atoms with E-state index in [0.717, 1.165) is 11.3 Å². The zero-order valence-electron chi connectivity index (χ0n) is 14.0. The number of aliphatic hydroxyl groups is 1. The SMILES string of the molecule is N#C[C@]1(CO)CO[C@H](COc2ccccc2)CN1Cc1ccccc1. The molecule has 3 rings (SSSR count). The Kier molecular flexibility index (Phi) is 5.67. The third kappa shape index (κ3) is 4.18. The first-order chi connectivity index (χ1) is 12.3. The molecule has 0 spiro atoms. The Morgan fingerprint density at radius 2 is 1.84 bits per heavy atom. The van der Waals surface area contributed by atoms with Crippen LogP contribution < -0.4 is 4.74 Å². The van der Waals surface area contributed by atoms with E-state index in [9.17, 15) is 10.4 Å². The number of hydrogen-bond donors (Lipinski definition) is 1. The smallest absolute Gasteiger partial charge is 0.156 e. The number of nitriles is 1. The summed E-state index contributed by atoms with van der Waals surface area (Å²) in [6.07, 6.45) is -0.156. The van der Waals surface area contributed by atoms with Gasteiger partial charge in [0.25, 0.3) is 0 Å². The fourth-order valence-electron chi connectivity index (χ4n) is 2.93. The van der Waals surface area contributed by atoms with Crippen LogP contribution in [0.5, 0.6) is 5.75 Å². The van der Waals surface area contributed by atoms with Gasteiger partial charge in [-0.05, 0) is 17.7 Å². The molecule has 1 saturated heterocycles. The molecule has 25 heavy (non-hydrogen) atoms. The first-order valence-corrected chi connectivity index (χ1v) is 8.36. The molecule has 0 amide bonds. The van der Waals surface area contributed by atoms with Crippen molar-refractivity contribution in [3.05, 3.63) is 66.2 Å². The van der Waals surface area contributed by atoms with Crippen molar-refractivity contribution in [2.75, 3.05) is 26.4 Å². The number of benzene rings is 2. The van der Waals surface area contributed by atoms with E-state index in [4.69, 9.17) is 9.47 Å². The van der Waals surface area contributed by atoms with Crippen molar-refractivity contribution >= 4 is 0 Å². The van der Waals surface area contributed by atoms with Gasteiger partial charge in [0.2, 0.25) is 0 Å². The molecule has 1 aliphatic rings. The summed E-state index contributed by atoms with van der Waals surface area (Å²) in [4.78, 5) is 1.99. The van der Waals surface area contributed by atoms with Crippen LogP contribution in [0.15, 0.2) is 60.7 Å². The van der Waals surface area contributed by atoms with Gasteiger partial charge in [0.05, 0.1) is 19.3 Å². The van der Waals surface area contributed by atoms with E-state index in [0.29, 0.717) is 19.7 Å². The van der Waals surface area contributed by atoms with Crippen LogP contribution in [0.1, 0.15) is 5.56 Å². The molecule has 1 fully saturated rings. The molecule has 5 nitrogen and oxygen atoms in total. The number of morpholine rings is 1. The summed E-state index contributed by atoms with van der Waals surface area (Å²) in [5, 5.41) is 19.4. The topological polar surface area (TPSA) is 65.7 Å². The Labute approximate surface area is 148 Å². The minimum atomic E-state index is -1.01. The van der Waals surface area contributed by atoms with Gasteiger partial charge >= 0.3 is 0 Å². The van der Waals surface area contributed by atoms with Crippen LogP contribution in [0.2, 0.25) is 0 Å². The van der Waals surface area contributed by atoms with Crippen LogP contribution in [0.3, 0.4) is 0 Å². The molecule has 0 aromatic heterocycles. The van der Waals surface area contributed by atoms with Crippen LogP contribution in [0.4, 0.5) is 0 Å². The molecular formula is C20H22N2O3. The average Bonchev–Trinajstić information content (AvgIpc) is 2.68. The summed E-state index contributed by atoms with van der Waals surface area (Å²) in [5.41, 5.74) is 0.0826.